The highest BCUT2D eigenvalue weighted by molar-refractivity contribution is 6.32. The molecule has 2 aromatic heterocycles. The molecule has 160 valence electrons. The van der Waals surface area contributed by atoms with Crippen molar-refractivity contribution in [3.05, 3.63) is 47.1 Å². The summed E-state index contributed by atoms with van der Waals surface area (Å²) in [5.74, 6) is 0.744. The minimum Gasteiger partial charge on any atom is -0.506 e. The van der Waals surface area contributed by atoms with Crippen molar-refractivity contribution in [3.63, 3.8) is 0 Å². The normalized spacial score (nSPS) is 16.3. The second-order valence-electron chi connectivity index (χ2n) is 7.63. The van der Waals surface area contributed by atoms with Crippen LogP contribution < -0.4 is 9.57 Å². The summed E-state index contributed by atoms with van der Waals surface area (Å²) in [7, 11) is 1.63. The first kappa shape index (κ1) is 19.9. The van der Waals surface area contributed by atoms with Crippen LogP contribution in [0.3, 0.4) is 0 Å². The van der Waals surface area contributed by atoms with Gasteiger partial charge in [0.05, 0.1) is 35.0 Å². The topological polar surface area (TPSA) is 78.6 Å². The standard InChI is InChI=1S/C23H22ClN3O4/c1-13-21-17-7-6-15(29-2)11-18(17)22(14-5-8-20(28)19(24)10-14)25-23(21)27(26-13)31-12-16-4-3-9-30-16/h5-8,10-11,16,28H,3-4,9,12H2,1-2H3. The molecule has 2 aromatic carbocycles. The molecule has 0 spiro atoms. The summed E-state index contributed by atoms with van der Waals surface area (Å²) in [5, 5.41) is 17.5. The van der Waals surface area contributed by atoms with Crippen LogP contribution in [0, 0.1) is 6.92 Å². The zero-order chi connectivity index (χ0) is 21.5. The zero-order valence-electron chi connectivity index (χ0n) is 17.3. The largest absolute Gasteiger partial charge is 0.506 e. The summed E-state index contributed by atoms with van der Waals surface area (Å²) >= 11 is 6.19. The van der Waals surface area contributed by atoms with Gasteiger partial charge in [0, 0.05) is 17.6 Å². The van der Waals surface area contributed by atoms with Gasteiger partial charge < -0.3 is 19.4 Å². The van der Waals surface area contributed by atoms with Crippen LogP contribution in [0.25, 0.3) is 33.1 Å². The Labute approximate surface area is 184 Å². The summed E-state index contributed by atoms with van der Waals surface area (Å²) < 4.78 is 11.1. The van der Waals surface area contributed by atoms with Gasteiger partial charge in [0.1, 0.15) is 18.1 Å². The molecule has 0 bridgehead atoms. The van der Waals surface area contributed by atoms with Crippen molar-refractivity contribution in [2.24, 2.45) is 0 Å². The lowest BCUT2D eigenvalue weighted by Gasteiger charge is -2.13. The quantitative estimate of drug-likeness (QED) is 0.492. The molecule has 0 radical (unpaired) electrons. The van der Waals surface area contributed by atoms with E-state index in [4.69, 9.17) is 30.9 Å². The smallest absolute Gasteiger partial charge is 0.200 e. The number of aromatic hydroxyl groups is 1. The van der Waals surface area contributed by atoms with Crippen molar-refractivity contribution in [2.45, 2.75) is 25.9 Å². The van der Waals surface area contributed by atoms with E-state index < -0.39 is 0 Å². The van der Waals surface area contributed by atoms with Crippen molar-refractivity contribution in [3.8, 4) is 22.8 Å². The number of rotatable bonds is 5. The van der Waals surface area contributed by atoms with E-state index in [1.54, 1.807) is 25.3 Å². The van der Waals surface area contributed by atoms with E-state index in [0.717, 1.165) is 52.6 Å². The average molecular weight is 440 g/mol. The van der Waals surface area contributed by atoms with Crippen LogP contribution in [0.2, 0.25) is 5.02 Å². The van der Waals surface area contributed by atoms with Crippen molar-refractivity contribution in [1.82, 2.24) is 14.9 Å². The Morgan fingerprint density at radius 3 is 2.84 bits per heavy atom. The second kappa shape index (κ2) is 7.90. The van der Waals surface area contributed by atoms with Gasteiger partial charge in [0.25, 0.3) is 0 Å². The van der Waals surface area contributed by atoms with Gasteiger partial charge >= 0.3 is 0 Å². The number of halogens is 1. The third-order valence-electron chi connectivity index (χ3n) is 5.60. The molecule has 3 heterocycles. The molecule has 31 heavy (non-hydrogen) atoms. The van der Waals surface area contributed by atoms with E-state index in [-0.39, 0.29) is 16.9 Å². The van der Waals surface area contributed by atoms with Crippen molar-refractivity contribution >= 4 is 33.4 Å². The fourth-order valence-corrected chi connectivity index (χ4v) is 4.21. The number of hydrogen-bond donors (Lipinski definition) is 1. The molecular weight excluding hydrogens is 418 g/mol. The molecule has 5 rings (SSSR count). The summed E-state index contributed by atoms with van der Waals surface area (Å²) in [6.07, 6.45) is 2.09. The van der Waals surface area contributed by atoms with Crippen molar-refractivity contribution in [2.75, 3.05) is 20.3 Å². The second-order valence-corrected chi connectivity index (χ2v) is 8.03. The zero-order valence-corrected chi connectivity index (χ0v) is 18.0. The number of aromatic nitrogens is 3. The third kappa shape index (κ3) is 3.54. The number of phenols is 1. The van der Waals surface area contributed by atoms with Gasteiger partial charge in [0.2, 0.25) is 0 Å². The van der Waals surface area contributed by atoms with E-state index in [1.165, 1.54) is 4.85 Å². The van der Waals surface area contributed by atoms with Crippen LogP contribution in [0.5, 0.6) is 11.5 Å². The number of hydrogen-bond acceptors (Lipinski definition) is 6. The summed E-state index contributed by atoms with van der Waals surface area (Å²) in [6.45, 7) is 3.12. The predicted octanol–water partition coefficient (Wildman–Crippen LogP) is 4.54. The average Bonchev–Trinajstić information content (AvgIpc) is 3.41. The molecule has 8 heteroatoms. The van der Waals surface area contributed by atoms with Gasteiger partial charge in [-0.15, -0.1) is 5.10 Å². The highest BCUT2D eigenvalue weighted by Gasteiger charge is 2.21. The Kier molecular flexibility index (Phi) is 5.08. The molecule has 0 saturated carbocycles. The number of aryl methyl sites for hydroxylation is 1. The van der Waals surface area contributed by atoms with Crippen LogP contribution in [-0.2, 0) is 4.74 Å². The van der Waals surface area contributed by atoms with Crippen LogP contribution in [0.15, 0.2) is 36.4 Å². The minimum absolute atomic E-state index is 0.0224. The fraction of sp³-hybridized carbons (Fsp3) is 0.304. The summed E-state index contributed by atoms with van der Waals surface area (Å²) in [4.78, 5) is 12.4. The molecule has 1 saturated heterocycles. The lowest BCUT2D eigenvalue weighted by molar-refractivity contribution is 0.00110. The number of ether oxygens (including phenoxy) is 2. The summed E-state index contributed by atoms with van der Waals surface area (Å²) in [6, 6.07) is 10.9. The molecule has 1 N–H and O–H groups in total. The monoisotopic (exact) mass is 439 g/mol. The maximum Gasteiger partial charge on any atom is 0.200 e. The molecule has 1 unspecified atom stereocenters. The van der Waals surface area contributed by atoms with Gasteiger partial charge in [-0.3, -0.25) is 0 Å². The molecule has 7 nitrogen and oxygen atoms in total. The minimum atomic E-state index is 0.0224. The molecule has 1 aliphatic heterocycles. The number of pyridine rings is 1. The Bertz CT molecular complexity index is 1280. The van der Waals surface area contributed by atoms with E-state index in [2.05, 4.69) is 5.10 Å². The Morgan fingerprint density at radius 2 is 2.10 bits per heavy atom. The maximum absolute atomic E-state index is 9.86. The summed E-state index contributed by atoms with van der Waals surface area (Å²) in [5.41, 5.74) is 2.91. The molecule has 4 aromatic rings. The third-order valence-corrected chi connectivity index (χ3v) is 5.91. The first-order valence-corrected chi connectivity index (χ1v) is 10.5. The lowest BCUT2D eigenvalue weighted by atomic mass is 10.0. The molecule has 1 fully saturated rings. The number of benzene rings is 2. The van der Waals surface area contributed by atoms with E-state index >= 15 is 0 Å². The predicted molar refractivity (Wildman–Crippen MR) is 119 cm³/mol. The SMILES string of the molecule is COc1ccc2c(c1)c(-c1ccc(O)c(Cl)c1)nc1c2c(C)nn1OCC1CCCO1. The van der Waals surface area contributed by atoms with Crippen LogP contribution in [-0.4, -0.2) is 46.5 Å². The Hall–Kier alpha value is -3.03. The van der Waals surface area contributed by atoms with Crippen LogP contribution >= 0.6 is 11.6 Å². The fourth-order valence-electron chi connectivity index (χ4n) is 4.03. The first-order chi connectivity index (χ1) is 15.0. The van der Waals surface area contributed by atoms with E-state index in [1.807, 2.05) is 25.1 Å². The molecule has 0 amide bonds. The number of phenolic OH excluding ortho intramolecular Hbond substituents is 1. The van der Waals surface area contributed by atoms with Crippen LogP contribution in [0.1, 0.15) is 18.5 Å². The molecule has 1 aliphatic rings. The van der Waals surface area contributed by atoms with Gasteiger partial charge in [-0.2, -0.15) is 0 Å². The molecule has 1 atom stereocenters. The highest BCUT2D eigenvalue weighted by Crippen LogP contribution is 2.37. The number of fused-ring (bicyclic) bond motifs is 3. The van der Waals surface area contributed by atoms with Gasteiger partial charge in [-0.1, -0.05) is 16.4 Å². The van der Waals surface area contributed by atoms with Gasteiger partial charge in [-0.25, -0.2) is 4.98 Å². The lowest BCUT2D eigenvalue weighted by Crippen LogP contribution is -2.24. The first-order valence-electron chi connectivity index (χ1n) is 10.2. The molecule has 0 aliphatic carbocycles. The Balaban J connectivity index is 1.72. The van der Waals surface area contributed by atoms with Gasteiger partial charge in [0.15, 0.2) is 5.65 Å². The van der Waals surface area contributed by atoms with Crippen LogP contribution in [0.4, 0.5) is 0 Å². The van der Waals surface area contributed by atoms with Gasteiger partial charge in [-0.05, 0) is 61.5 Å². The van der Waals surface area contributed by atoms with E-state index in [0.29, 0.717) is 17.9 Å². The maximum atomic E-state index is 9.86. The van der Waals surface area contributed by atoms with Crippen molar-refractivity contribution in [1.29, 1.82) is 0 Å². The number of methoxy groups -OCH3 is 1. The van der Waals surface area contributed by atoms with Crippen molar-refractivity contribution < 1.29 is 19.4 Å². The number of nitrogens with zero attached hydrogens (tertiary/aromatic N) is 3. The highest BCUT2D eigenvalue weighted by atomic mass is 35.5. The van der Waals surface area contributed by atoms with E-state index in [9.17, 15) is 5.11 Å². The molecular formula is C23H22ClN3O4. The Morgan fingerprint density at radius 1 is 1.23 bits per heavy atom.